The number of carbonyl (C=O) groups is 1. The minimum atomic E-state index is -1.68. The van der Waals surface area contributed by atoms with Crippen LogP contribution in [0.2, 0.25) is 13.1 Å². The molecule has 0 aromatic carbocycles. The highest BCUT2D eigenvalue weighted by atomic mass is 28.3. The first kappa shape index (κ1) is 23.5. The van der Waals surface area contributed by atoms with E-state index in [9.17, 15) is 14.4 Å². The van der Waals surface area contributed by atoms with Gasteiger partial charge in [0.2, 0.25) is 0 Å². The fourth-order valence-electron chi connectivity index (χ4n) is 3.62. The van der Waals surface area contributed by atoms with Crippen molar-refractivity contribution in [3.63, 3.8) is 0 Å². The lowest BCUT2D eigenvalue weighted by Crippen LogP contribution is -2.52. The van der Waals surface area contributed by atoms with Gasteiger partial charge in [-0.15, -0.1) is 0 Å². The van der Waals surface area contributed by atoms with Crippen LogP contribution >= 0.6 is 0 Å². The fourth-order valence-corrected chi connectivity index (χ4v) is 5.54. The summed E-state index contributed by atoms with van der Waals surface area (Å²) in [6.07, 6.45) is 5.71. The maximum Gasteiger partial charge on any atom is 0.330 e. The number of aromatic amines is 1. The molecule has 0 spiro atoms. The van der Waals surface area contributed by atoms with E-state index >= 15 is 0 Å². The Hall–Kier alpha value is -1.77. The number of aryl methyl sites for hydroxylation is 1. The SMILES string of the molecule is CCC=CC(=O)[C@H]1C[C@@](n2cc(C)c(=O)[nH]c2=O)([SiH](C)C)O[C@@H]1COC(C)(C)C. The van der Waals surface area contributed by atoms with Crippen molar-refractivity contribution in [2.45, 2.75) is 77.6 Å². The van der Waals surface area contributed by atoms with Gasteiger partial charge in [0.05, 0.1) is 33.0 Å². The smallest absolute Gasteiger partial charge is 0.330 e. The van der Waals surface area contributed by atoms with Crippen molar-refractivity contribution in [2.75, 3.05) is 6.61 Å². The lowest BCUT2D eigenvalue weighted by atomic mass is 9.95. The van der Waals surface area contributed by atoms with E-state index in [2.05, 4.69) is 18.1 Å². The lowest BCUT2D eigenvalue weighted by molar-refractivity contribution is -0.127. The van der Waals surface area contributed by atoms with Crippen molar-refractivity contribution < 1.29 is 14.3 Å². The Morgan fingerprint density at radius 3 is 2.62 bits per heavy atom. The standard InChI is InChI=1S/C21H34N2O5Si/c1-8-9-10-16(24)15-11-21(29(6)7,28-17(15)13-27-20(3,4)5)23-12-14(2)18(25)22-19(23)26/h9-10,12,15,17,29H,8,11,13H2,1-7H3,(H,22,25,26)/t15-,17-,21+/m1/s1. The molecule has 8 heteroatoms. The van der Waals surface area contributed by atoms with Crippen LogP contribution < -0.4 is 11.2 Å². The molecule has 3 atom stereocenters. The van der Waals surface area contributed by atoms with Gasteiger partial charge in [0.1, 0.15) is 5.35 Å². The Morgan fingerprint density at radius 2 is 2.07 bits per heavy atom. The van der Waals surface area contributed by atoms with Crippen molar-refractivity contribution in [1.29, 1.82) is 0 Å². The fraction of sp³-hybridized carbons (Fsp3) is 0.667. The van der Waals surface area contributed by atoms with Crippen LogP contribution in [0.3, 0.4) is 0 Å². The largest absolute Gasteiger partial charge is 0.373 e. The maximum atomic E-state index is 12.9. The molecule has 1 saturated heterocycles. The maximum absolute atomic E-state index is 12.9. The van der Waals surface area contributed by atoms with Crippen molar-refractivity contribution in [1.82, 2.24) is 9.55 Å². The average molecular weight is 423 g/mol. The number of ether oxygens (including phenoxy) is 2. The summed E-state index contributed by atoms with van der Waals surface area (Å²) < 4.78 is 14.0. The number of ketones is 1. The Morgan fingerprint density at radius 1 is 1.41 bits per heavy atom. The van der Waals surface area contributed by atoms with Gasteiger partial charge in [-0.05, 0) is 40.2 Å². The van der Waals surface area contributed by atoms with Crippen LogP contribution in [0.15, 0.2) is 27.9 Å². The van der Waals surface area contributed by atoms with Gasteiger partial charge < -0.3 is 9.47 Å². The summed E-state index contributed by atoms with van der Waals surface area (Å²) in [7, 11) is -1.68. The number of carbonyl (C=O) groups excluding carboxylic acids is 1. The van der Waals surface area contributed by atoms with Gasteiger partial charge in [-0.1, -0.05) is 26.1 Å². The predicted octanol–water partition coefficient (Wildman–Crippen LogP) is 2.28. The first-order chi connectivity index (χ1) is 13.4. The lowest BCUT2D eigenvalue weighted by Gasteiger charge is -2.35. The van der Waals surface area contributed by atoms with Gasteiger partial charge in [-0.25, -0.2) is 4.79 Å². The Kier molecular flexibility index (Phi) is 7.24. The zero-order valence-corrected chi connectivity index (χ0v) is 19.7. The minimum Gasteiger partial charge on any atom is -0.373 e. The van der Waals surface area contributed by atoms with Gasteiger partial charge in [-0.2, -0.15) is 0 Å². The van der Waals surface area contributed by atoms with Crippen LogP contribution in [-0.2, 0) is 19.6 Å². The summed E-state index contributed by atoms with van der Waals surface area (Å²) in [5, 5.41) is -0.904. The van der Waals surface area contributed by atoms with E-state index in [-0.39, 0.29) is 18.0 Å². The Balaban J connectivity index is 2.52. The molecule has 0 saturated carbocycles. The third kappa shape index (κ3) is 5.23. The highest BCUT2D eigenvalue weighted by Gasteiger charge is 2.52. The molecule has 1 aliphatic rings. The third-order valence-corrected chi connectivity index (χ3v) is 7.76. The van der Waals surface area contributed by atoms with Gasteiger partial charge in [0.15, 0.2) is 5.78 Å². The van der Waals surface area contributed by atoms with Crippen molar-refractivity contribution in [3.8, 4) is 0 Å². The topological polar surface area (TPSA) is 90.4 Å². The van der Waals surface area contributed by atoms with Gasteiger partial charge in [-0.3, -0.25) is 19.1 Å². The molecule has 0 bridgehead atoms. The first-order valence-electron chi connectivity index (χ1n) is 10.3. The Labute approximate surface area is 173 Å². The average Bonchev–Trinajstić information content (AvgIpc) is 3.01. The summed E-state index contributed by atoms with van der Waals surface area (Å²) in [5.74, 6) is -0.422. The highest BCUT2D eigenvalue weighted by Crippen LogP contribution is 2.41. The van der Waals surface area contributed by atoms with E-state index in [1.165, 1.54) is 4.57 Å². The second-order valence-corrected chi connectivity index (χ2v) is 12.3. The number of rotatable bonds is 7. The molecule has 162 valence electrons. The van der Waals surface area contributed by atoms with E-state index in [0.717, 1.165) is 6.42 Å². The molecule has 29 heavy (non-hydrogen) atoms. The monoisotopic (exact) mass is 422 g/mol. The number of nitrogens with one attached hydrogen (secondary N) is 1. The highest BCUT2D eigenvalue weighted by molar-refractivity contribution is 6.58. The van der Waals surface area contributed by atoms with Gasteiger partial charge >= 0.3 is 5.69 Å². The zero-order valence-electron chi connectivity index (χ0n) is 18.6. The molecule has 1 aromatic heterocycles. The normalized spacial score (nSPS) is 25.2. The molecule has 1 aromatic rings. The van der Waals surface area contributed by atoms with Crippen LogP contribution in [0.5, 0.6) is 0 Å². The van der Waals surface area contributed by atoms with Crippen molar-refractivity contribution in [2.24, 2.45) is 5.92 Å². The second kappa shape index (κ2) is 8.93. The van der Waals surface area contributed by atoms with Crippen LogP contribution in [-0.4, -0.2) is 42.4 Å². The van der Waals surface area contributed by atoms with Crippen LogP contribution in [0, 0.1) is 12.8 Å². The summed E-state index contributed by atoms with van der Waals surface area (Å²) in [5.41, 5.74) is -0.849. The number of hydrogen-bond donors (Lipinski definition) is 1. The second-order valence-electron chi connectivity index (χ2n) is 9.04. The van der Waals surface area contributed by atoms with Gasteiger partial charge in [0.25, 0.3) is 5.56 Å². The Bertz CT molecular complexity index is 880. The van der Waals surface area contributed by atoms with Crippen molar-refractivity contribution >= 4 is 14.6 Å². The molecule has 1 N–H and O–H groups in total. The summed E-state index contributed by atoms with van der Waals surface area (Å²) in [4.78, 5) is 39.9. The van der Waals surface area contributed by atoms with Crippen LogP contribution in [0.1, 0.15) is 46.1 Å². The van der Waals surface area contributed by atoms with E-state index in [4.69, 9.17) is 9.47 Å². The molecule has 1 fully saturated rings. The molecule has 0 radical (unpaired) electrons. The van der Waals surface area contributed by atoms with Crippen molar-refractivity contribution in [3.05, 3.63) is 44.8 Å². The minimum absolute atomic E-state index is 0.0138. The number of allylic oxidation sites excluding steroid dienone is 2. The number of aromatic nitrogens is 2. The first-order valence-corrected chi connectivity index (χ1v) is 13.1. The predicted molar refractivity (Wildman–Crippen MR) is 116 cm³/mol. The molecular weight excluding hydrogens is 388 g/mol. The number of nitrogens with zero attached hydrogens (tertiary/aromatic N) is 1. The molecule has 0 amide bonds. The summed E-state index contributed by atoms with van der Waals surface area (Å²) in [6, 6.07) is 0. The number of hydrogen-bond acceptors (Lipinski definition) is 5. The quantitative estimate of drug-likeness (QED) is 0.538. The molecule has 2 heterocycles. The molecular formula is C21H34N2O5Si. The molecule has 0 aliphatic carbocycles. The van der Waals surface area contributed by atoms with E-state index in [1.807, 2.05) is 33.8 Å². The van der Waals surface area contributed by atoms with E-state index < -0.39 is 37.4 Å². The van der Waals surface area contributed by atoms with E-state index in [1.54, 1.807) is 19.2 Å². The molecule has 1 aliphatic heterocycles. The summed E-state index contributed by atoms with van der Waals surface area (Å²) in [6.45, 7) is 13.9. The number of H-pyrrole nitrogens is 1. The van der Waals surface area contributed by atoms with Crippen LogP contribution in [0.4, 0.5) is 0 Å². The molecule has 0 unspecified atom stereocenters. The molecule has 2 rings (SSSR count). The van der Waals surface area contributed by atoms with E-state index in [0.29, 0.717) is 12.0 Å². The molecule has 7 nitrogen and oxygen atoms in total. The zero-order chi connectivity index (χ0) is 22.0. The van der Waals surface area contributed by atoms with Crippen LogP contribution in [0.25, 0.3) is 0 Å². The third-order valence-electron chi connectivity index (χ3n) is 5.31. The van der Waals surface area contributed by atoms with Gasteiger partial charge in [0, 0.05) is 18.2 Å². The summed E-state index contributed by atoms with van der Waals surface area (Å²) >= 11 is 0.